The van der Waals surface area contributed by atoms with Gasteiger partial charge < -0.3 is 14.8 Å². The predicted molar refractivity (Wildman–Crippen MR) is 72.2 cm³/mol. The molecule has 0 fully saturated rings. The molecule has 0 unspecified atom stereocenters. The fourth-order valence-corrected chi connectivity index (χ4v) is 1.64. The highest BCUT2D eigenvalue weighted by Gasteiger charge is 2.34. The first-order valence-electron chi connectivity index (χ1n) is 6.24. The second kappa shape index (κ2) is 6.35. The van der Waals surface area contributed by atoms with Crippen LogP contribution in [-0.2, 0) is 10.9 Å². The molecule has 0 aliphatic carbocycles. The van der Waals surface area contributed by atoms with E-state index in [1.54, 1.807) is 7.11 Å². The Morgan fingerprint density at radius 2 is 1.80 bits per heavy atom. The molecule has 0 radical (unpaired) electrons. The molecule has 1 rings (SSSR count). The zero-order valence-corrected chi connectivity index (χ0v) is 12.1. The maximum atomic E-state index is 13.0. The molecule has 0 saturated heterocycles. The van der Waals surface area contributed by atoms with Gasteiger partial charge in [-0.25, -0.2) is 0 Å². The van der Waals surface area contributed by atoms with Gasteiger partial charge in [0, 0.05) is 19.3 Å². The Morgan fingerprint density at radius 1 is 1.15 bits per heavy atom. The van der Waals surface area contributed by atoms with Gasteiger partial charge in [-0.15, -0.1) is 0 Å². The summed E-state index contributed by atoms with van der Waals surface area (Å²) in [6, 6.07) is 3.87. The zero-order chi connectivity index (χ0) is 15.4. The van der Waals surface area contributed by atoms with E-state index >= 15 is 0 Å². The quantitative estimate of drug-likeness (QED) is 0.861. The summed E-state index contributed by atoms with van der Waals surface area (Å²) in [5.74, 6) is 0.181. The third kappa shape index (κ3) is 4.59. The van der Waals surface area contributed by atoms with E-state index in [4.69, 9.17) is 9.47 Å². The highest BCUT2D eigenvalue weighted by atomic mass is 19.4. The number of halogens is 3. The highest BCUT2D eigenvalue weighted by molar-refractivity contribution is 5.55. The van der Waals surface area contributed by atoms with Gasteiger partial charge >= 0.3 is 6.18 Å². The molecule has 114 valence electrons. The Hall–Kier alpha value is -1.43. The highest BCUT2D eigenvalue weighted by Crippen LogP contribution is 2.37. The molecule has 1 N–H and O–H groups in total. The second-order valence-electron chi connectivity index (χ2n) is 5.05. The van der Waals surface area contributed by atoms with Gasteiger partial charge in [-0.3, -0.25) is 0 Å². The van der Waals surface area contributed by atoms with Crippen LogP contribution in [0.15, 0.2) is 18.2 Å². The standard InChI is InChI=1S/C14H20F3NO2/c1-13(2,20-4)7-8-18-12-6-5-10(19-3)9-11(12)14(15,16)17/h5-6,9,18H,7-8H2,1-4H3. The lowest BCUT2D eigenvalue weighted by Crippen LogP contribution is -2.26. The fraction of sp³-hybridized carbons (Fsp3) is 0.571. The number of rotatable bonds is 6. The number of anilines is 1. The lowest BCUT2D eigenvalue weighted by molar-refractivity contribution is -0.137. The van der Waals surface area contributed by atoms with E-state index in [2.05, 4.69) is 5.32 Å². The van der Waals surface area contributed by atoms with Crippen molar-refractivity contribution in [3.63, 3.8) is 0 Å². The van der Waals surface area contributed by atoms with Gasteiger partial charge in [0.1, 0.15) is 5.75 Å². The molecule has 0 bridgehead atoms. The van der Waals surface area contributed by atoms with E-state index < -0.39 is 11.7 Å². The van der Waals surface area contributed by atoms with Crippen LogP contribution in [0.1, 0.15) is 25.8 Å². The number of hydrogen-bond donors (Lipinski definition) is 1. The smallest absolute Gasteiger partial charge is 0.418 e. The number of hydrogen-bond acceptors (Lipinski definition) is 3. The van der Waals surface area contributed by atoms with Crippen LogP contribution in [0, 0.1) is 0 Å². The maximum Gasteiger partial charge on any atom is 0.418 e. The Labute approximate surface area is 117 Å². The third-order valence-corrected chi connectivity index (χ3v) is 3.13. The molecule has 0 spiro atoms. The van der Waals surface area contributed by atoms with Crippen LogP contribution in [0.25, 0.3) is 0 Å². The summed E-state index contributed by atoms with van der Waals surface area (Å²) in [7, 11) is 2.91. The van der Waals surface area contributed by atoms with Gasteiger partial charge in [0.15, 0.2) is 0 Å². The molecule has 0 aromatic heterocycles. The van der Waals surface area contributed by atoms with Crippen molar-refractivity contribution in [2.24, 2.45) is 0 Å². The molecule has 0 saturated carbocycles. The molecule has 0 atom stereocenters. The number of nitrogens with one attached hydrogen (secondary N) is 1. The summed E-state index contributed by atoms with van der Waals surface area (Å²) in [5, 5.41) is 2.81. The van der Waals surface area contributed by atoms with Crippen molar-refractivity contribution < 1.29 is 22.6 Å². The molecule has 0 aliphatic heterocycles. The van der Waals surface area contributed by atoms with Crippen LogP contribution >= 0.6 is 0 Å². The molecular weight excluding hydrogens is 271 g/mol. The first kappa shape index (κ1) is 16.6. The van der Waals surface area contributed by atoms with Crippen molar-refractivity contribution in [1.29, 1.82) is 0 Å². The van der Waals surface area contributed by atoms with Gasteiger partial charge in [0.2, 0.25) is 0 Å². The maximum absolute atomic E-state index is 13.0. The van der Waals surface area contributed by atoms with Gasteiger partial charge in [0.25, 0.3) is 0 Å². The molecule has 0 aliphatic rings. The first-order valence-corrected chi connectivity index (χ1v) is 6.24. The van der Waals surface area contributed by atoms with Gasteiger partial charge in [-0.05, 0) is 38.5 Å². The van der Waals surface area contributed by atoms with Crippen LogP contribution in [0.3, 0.4) is 0 Å². The number of methoxy groups -OCH3 is 2. The summed E-state index contributed by atoms with van der Waals surface area (Å²) in [6.07, 6.45) is -3.83. The number of alkyl halides is 3. The minimum atomic E-state index is -4.42. The average Bonchev–Trinajstić information content (AvgIpc) is 2.37. The molecule has 20 heavy (non-hydrogen) atoms. The lowest BCUT2D eigenvalue weighted by Gasteiger charge is -2.23. The third-order valence-electron chi connectivity index (χ3n) is 3.13. The average molecular weight is 291 g/mol. The van der Waals surface area contributed by atoms with Crippen LogP contribution in [0.2, 0.25) is 0 Å². The van der Waals surface area contributed by atoms with Crippen molar-refractivity contribution >= 4 is 5.69 Å². The topological polar surface area (TPSA) is 30.5 Å². The second-order valence-corrected chi connectivity index (χ2v) is 5.05. The summed E-state index contributed by atoms with van der Waals surface area (Å²) in [6.45, 7) is 4.15. The molecular formula is C14H20F3NO2. The zero-order valence-electron chi connectivity index (χ0n) is 12.1. The van der Waals surface area contributed by atoms with E-state index in [1.807, 2.05) is 13.8 Å². The van der Waals surface area contributed by atoms with Crippen LogP contribution in [0.5, 0.6) is 5.75 Å². The van der Waals surface area contributed by atoms with Gasteiger partial charge in [-0.2, -0.15) is 13.2 Å². The van der Waals surface area contributed by atoms with Gasteiger partial charge in [0.05, 0.1) is 18.3 Å². The Balaban J connectivity index is 2.84. The van der Waals surface area contributed by atoms with Crippen LogP contribution in [0.4, 0.5) is 18.9 Å². The molecule has 3 nitrogen and oxygen atoms in total. The van der Waals surface area contributed by atoms with Crippen molar-refractivity contribution in [2.75, 3.05) is 26.1 Å². The first-order chi connectivity index (χ1) is 9.19. The summed E-state index contributed by atoms with van der Waals surface area (Å²) < 4.78 is 49.0. The monoisotopic (exact) mass is 291 g/mol. The van der Waals surface area contributed by atoms with E-state index in [0.717, 1.165) is 6.07 Å². The van der Waals surface area contributed by atoms with Crippen LogP contribution in [-0.4, -0.2) is 26.4 Å². The Kier molecular flexibility index (Phi) is 5.28. The lowest BCUT2D eigenvalue weighted by atomic mass is 10.1. The van der Waals surface area contributed by atoms with Crippen molar-refractivity contribution in [3.8, 4) is 5.75 Å². The molecule has 6 heteroatoms. The van der Waals surface area contributed by atoms with Crippen molar-refractivity contribution in [3.05, 3.63) is 23.8 Å². The van der Waals surface area contributed by atoms with E-state index in [9.17, 15) is 13.2 Å². The summed E-state index contributed by atoms with van der Waals surface area (Å²) >= 11 is 0. The molecule has 1 aromatic rings. The summed E-state index contributed by atoms with van der Waals surface area (Å²) in [4.78, 5) is 0. The SMILES string of the molecule is COc1ccc(NCCC(C)(C)OC)c(C(F)(F)F)c1. The Bertz CT molecular complexity index is 445. The van der Waals surface area contributed by atoms with E-state index in [1.165, 1.54) is 19.2 Å². The van der Waals surface area contributed by atoms with Crippen molar-refractivity contribution in [1.82, 2.24) is 0 Å². The molecule has 0 amide bonds. The van der Waals surface area contributed by atoms with Gasteiger partial charge in [-0.1, -0.05) is 0 Å². The van der Waals surface area contributed by atoms with Crippen molar-refractivity contribution in [2.45, 2.75) is 32.0 Å². The van der Waals surface area contributed by atoms with Crippen LogP contribution < -0.4 is 10.1 Å². The number of ether oxygens (including phenoxy) is 2. The minimum Gasteiger partial charge on any atom is -0.497 e. The Morgan fingerprint density at radius 3 is 2.30 bits per heavy atom. The fourth-order valence-electron chi connectivity index (χ4n) is 1.64. The molecule has 0 heterocycles. The predicted octanol–water partition coefficient (Wildman–Crippen LogP) is 3.94. The normalized spacial score (nSPS) is 12.3. The largest absolute Gasteiger partial charge is 0.497 e. The number of benzene rings is 1. The van der Waals surface area contributed by atoms with E-state index in [-0.39, 0.29) is 17.0 Å². The molecule has 1 aromatic carbocycles. The minimum absolute atomic E-state index is 0.0465. The summed E-state index contributed by atoms with van der Waals surface area (Å²) in [5.41, 5.74) is -1.06. The van der Waals surface area contributed by atoms with E-state index in [0.29, 0.717) is 13.0 Å².